The molecule has 0 aliphatic rings. The maximum atomic E-state index is 9.57. The molecule has 0 bridgehead atoms. The predicted molar refractivity (Wildman–Crippen MR) is 66.5 cm³/mol. The lowest BCUT2D eigenvalue weighted by atomic mass is 9.99. The van der Waals surface area contributed by atoms with Crippen molar-refractivity contribution in [2.24, 2.45) is 0 Å². The lowest BCUT2D eigenvalue weighted by Gasteiger charge is -2.28. The summed E-state index contributed by atoms with van der Waals surface area (Å²) in [5.74, 6) is 0. The molecule has 0 saturated carbocycles. The van der Waals surface area contributed by atoms with Crippen LogP contribution in [0, 0.1) is 0 Å². The van der Waals surface area contributed by atoms with Crippen LogP contribution in [0.2, 0.25) is 0 Å². The van der Waals surface area contributed by atoms with Crippen molar-refractivity contribution in [1.29, 1.82) is 0 Å². The first-order valence-electron chi connectivity index (χ1n) is 5.45. The Labute approximate surface area is 100 Å². The van der Waals surface area contributed by atoms with Crippen molar-refractivity contribution in [3.05, 3.63) is 54.6 Å². The van der Waals surface area contributed by atoms with Gasteiger partial charge in [0.2, 0.25) is 0 Å². The summed E-state index contributed by atoms with van der Waals surface area (Å²) >= 11 is 0. The van der Waals surface area contributed by atoms with Crippen LogP contribution in [0.1, 0.15) is 12.6 Å². The van der Waals surface area contributed by atoms with Crippen LogP contribution in [-0.2, 0) is 5.54 Å². The second kappa shape index (κ2) is 4.93. The molecule has 1 aromatic carbocycles. The third-order valence-electron chi connectivity index (χ3n) is 2.64. The van der Waals surface area contributed by atoms with E-state index in [1.807, 2.05) is 37.3 Å². The monoisotopic (exact) mass is 229 g/mol. The summed E-state index contributed by atoms with van der Waals surface area (Å²) in [7, 11) is 0. The van der Waals surface area contributed by atoms with Gasteiger partial charge in [0.05, 0.1) is 18.5 Å². The van der Waals surface area contributed by atoms with Gasteiger partial charge in [-0.15, -0.1) is 0 Å². The third kappa shape index (κ3) is 2.60. The maximum absolute atomic E-state index is 9.57. The molecule has 17 heavy (non-hydrogen) atoms. The number of hydrogen-bond acceptors (Lipinski definition) is 4. The molecule has 0 radical (unpaired) electrons. The van der Waals surface area contributed by atoms with Crippen LogP contribution in [0.4, 0.5) is 5.69 Å². The molecular formula is C13H15N3O. The van der Waals surface area contributed by atoms with E-state index in [0.717, 1.165) is 5.69 Å². The third-order valence-corrected chi connectivity index (χ3v) is 2.64. The first-order chi connectivity index (χ1) is 8.24. The van der Waals surface area contributed by atoms with E-state index >= 15 is 0 Å². The van der Waals surface area contributed by atoms with Crippen LogP contribution >= 0.6 is 0 Å². The van der Waals surface area contributed by atoms with Gasteiger partial charge < -0.3 is 10.4 Å². The van der Waals surface area contributed by atoms with E-state index in [1.54, 1.807) is 18.6 Å². The standard InChI is InChI=1S/C13H15N3O/c1-13(10-17,12-9-14-7-8-15-12)16-11-5-3-2-4-6-11/h2-9,16-17H,10H2,1H3. The number of anilines is 1. The Morgan fingerprint density at radius 3 is 2.59 bits per heavy atom. The first-order valence-corrected chi connectivity index (χ1v) is 5.45. The second-order valence-electron chi connectivity index (χ2n) is 4.07. The fraction of sp³-hybridized carbons (Fsp3) is 0.231. The van der Waals surface area contributed by atoms with E-state index < -0.39 is 5.54 Å². The Hall–Kier alpha value is -1.94. The Morgan fingerprint density at radius 2 is 2.00 bits per heavy atom. The van der Waals surface area contributed by atoms with Gasteiger partial charge in [-0.05, 0) is 19.1 Å². The number of para-hydroxylation sites is 1. The van der Waals surface area contributed by atoms with Gasteiger partial charge >= 0.3 is 0 Å². The molecule has 0 aliphatic carbocycles. The number of nitrogens with zero attached hydrogens (tertiary/aromatic N) is 2. The highest BCUT2D eigenvalue weighted by Gasteiger charge is 2.27. The summed E-state index contributed by atoms with van der Waals surface area (Å²) < 4.78 is 0. The van der Waals surface area contributed by atoms with Gasteiger partial charge in [-0.25, -0.2) is 0 Å². The van der Waals surface area contributed by atoms with Crippen molar-refractivity contribution in [3.8, 4) is 0 Å². The normalized spacial score (nSPS) is 14.0. The molecule has 2 aromatic rings. The first kappa shape index (κ1) is 11.5. The molecule has 2 rings (SSSR count). The minimum absolute atomic E-state index is 0.0550. The van der Waals surface area contributed by atoms with Crippen molar-refractivity contribution in [3.63, 3.8) is 0 Å². The smallest absolute Gasteiger partial charge is 0.102 e. The molecule has 4 heteroatoms. The topological polar surface area (TPSA) is 58.0 Å². The molecule has 1 atom stereocenters. The zero-order valence-corrected chi connectivity index (χ0v) is 9.67. The van der Waals surface area contributed by atoms with Gasteiger partial charge in [-0.3, -0.25) is 9.97 Å². The zero-order valence-electron chi connectivity index (χ0n) is 9.67. The Morgan fingerprint density at radius 1 is 1.24 bits per heavy atom. The summed E-state index contributed by atoms with van der Waals surface area (Å²) in [6.07, 6.45) is 4.89. The number of rotatable bonds is 4. The molecule has 0 fully saturated rings. The Kier molecular flexibility index (Phi) is 3.35. The van der Waals surface area contributed by atoms with E-state index in [-0.39, 0.29) is 6.61 Å². The van der Waals surface area contributed by atoms with Crippen LogP contribution in [0.25, 0.3) is 0 Å². The van der Waals surface area contributed by atoms with E-state index in [4.69, 9.17) is 0 Å². The maximum Gasteiger partial charge on any atom is 0.102 e. The molecule has 0 amide bonds. The SMILES string of the molecule is CC(CO)(Nc1ccccc1)c1cnccn1. The quantitative estimate of drug-likeness (QED) is 0.839. The minimum atomic E-state index is -0.629. The highest BCUT2D eigenvalue weighted by Crippen LogP contribution is 2.23. The molecule has 88 valence electrons. The molecule has 1 unspecified atom stereocenters. The summed E-state index contributed by atoms with van der Waals surface area (Å²) in [5.41, 5.74) is 1.02. The zero-order chi connectivity index (χ0) is 12.1. The van der Waals surface area contributed by atoms with Crippen LogP contribution in [0.15, 0.2) is 48.9 Å². The van der Waals surface area contributed by atoms with Crippen LogP contribution in [0.5, 0.6) is 0 Å². The van der Waals surface area contributed by atoms with Gasteiger partial charge in [0.1, 0.15) is 5.54 Å². The van der Waals surface area contributed by atoms with Crippen LogP contribution < -0.4 is 5.32 Å². The van der Waals surface area contributed by atoms with Crippen molar-refractivity contribution in [1.82, 2.24) is 9.97 Å². The summed E-state index contributed by atoms with van der Waals surface area (Å²) in [4.78, 5) is 8.26. The van der Waals surface area contributed by atoms with Gasteiger partial charge in [0.25, 0.3) is 0 Å². The van der Waals surface area contributed by atoms with Crippen LogP contribution in [0.3, 0.4) is 0 Å². The fourth-order valence-corrected chi connectivity index (χ4v) is 1.61. The molecule has 4 nitrogen and oxygen atoms in total. The number of aromatic nitrogens is 2. The highest BCUT2D eigenvalue weighted by atomic mass is 16.3. The molecular weight excluding hydrogens is 214 g/mol. The van der Waals surface area contributed by atoms with Gasteiger partial charge in [-0.1, -0.05) is 18.2 Å². The minimum Gasteiger partial charge on any atom is -0.394 e. The predicted octanol–water partition coefficient (Wildman–Crippen LogP) is 1.80. The Balaban J connectivity index is 2.27. The largest absolute Gasteiger partial charge is 0.394 e. The van der Waals surface area contributed by atoms with Crippen molar-refractivity contribution >= 4 is 5.69 Å². The average Bonchev–Trinajstić information content (AvgIpc) is 2.41. The van der Waals surface area contributed by atoms with E-state index in [0.29, 0.717) is 5.69 Å². The Bertz CT molecular complexity index is 461. The number of nitrogens with one attached hydrogen (secondary N) is 1. The van der Waals surface area contributed by atoms with E-state index in [2.05, 4.69) is 15.3 Å². The fourth-order valence-electron chi connectivity index (χ4n) is 1.61. The van der Waals surface area contributed by atoms with Crippen molar-refractivity contribution in [2.75, 3.05) is 11.9 Å². The van der Waals surface area contributed by atoms with Crippen molar-refractivity contribution < 1.29 is 5.11 Å². The number of hydrogen-bond donors (Lipinski definition) is 2. The van der Waals surface area contributed by atoms with Gasteiger partial charge in [0, 0.05) is 18.1 Å². The molecule has 2 N–H and O–H groups in total. The van der Waals surface area contributed by atoms with Crippen molar-refractivity contribution in [2.45, 2.75) is 12.5 Å². The van der Waals surface area contributed by atoms with Gasteiger partial charge in [-0.2, -0.15) is 0 Å². The highest BCUT2D eigenvalue weighted by molar-refractivity contribution is 5.46. The number of benzene rings is 1. The number of aliphatic hydroxyl groups excluding tert-OH is 1. The molecule has 1 aromatic heterocycles. The summed E-state index contributed by atoms with van der Waals surface area (Å²) in [6.45, 7) is 1.84. The summed E-state index contributed by atoms with van der Waals surface area (Å²) in [6, 6.07) is 9.73. The molecule has 0 spiro atoms. The second-order valence-corrected chi connectivity index (χ2v) is 4.07. The van der Waals surface area contributed by atoms with E-state index in [1.165, 1.54) is 0 Å². The lowest BCUT2D eigenvalue weighted by Crippen LogP contribution is -2.36. The molecule has 0 aliphatic heterocycles. The number of aliphatic hydroxyl groups is 1. The van der Waals surface area contributed by atoms with Crippen LogP contribution in [-0.4, -0.2) is 21.7 Å². The van der Waals surface area contributed by atoms with E-state index in [9.17, 15) is 5.11 Å². The lowest BCUT2D eigenvalue weighted by molar-refractivity contribution is 0.220. The average molecular weight is 229 g/mol. The summed E-state index contributed by atoms with van der Waals surface area (Å²) in [5, 5.41) is 12.8. The molecule has 1 heterocycles. The molecule has 0 saturated heterocycles. The van der Waals surface area contributed by atoms with Gasteiger partial charge in [0.15, 0.2) is 0 Å².